The lowest BCUT2D eigenvalue weighted by atomic mass is 9.82. The van der Waals surface area contributed by atoms with Gasteiger partial charge in [-0.3, -0.25) is 0 Å². The average molecular weight is 473 g/mol. The van der Waals surface area contributed by atoms with Crippen molar-refractivity contribution in [2.45, 2.75) is 97.8 Å². The Balaban J connectivity index is 2.07. The van der Waals surface area contributed by atoms with Crippen LogP contribution in [-0.4, -0.2) is 0 Å². The number of hydrogen-bond donors (Lipinski definition) is 0. The molecular weight excluding hydrogens is 427 g/mol. The Bertz CT molecular complexity index is 910. The van der Waals surface area contributed by atoms with Crippen molar-refractivity contribution in [3.63, 3.8) is 0 Å². The second kappa shape index (κ2) is 10.4. The van der Waals surface area contributed by atoms with Gasteiger partial charge in [0.05, 0.1) is 0 Å². The predicted octanol–water partition coefficient (Wildman–Crippen LogP) is 8.51. The fourth-order valence-corrected chi connectivity index (χ4v) is 6.48. The van der Waals surface area contributed by atoms with Crippen LogP contribution in [0.3, 0.4) is 0 Å². The fraction of sp³-hybridized carbons (Fsp3) is 0.455. The van der Waals surface area contributed by atoms with E-state index in [2.05, 4.69) is 135 Å². The Morgan fingerprint density at radius 1 is 0.412 bits per heavy atom. The quantitative estimate of drug-likeness (QED) is 0.274. The molecule has 1 heteroatoms. The van der Waals surface area contributed by atoms with Gasteiger partial charge in [-0.05, 0) is 76.0 Å². The maximum atomic E-state index is 2.38. The summed E-state index contributed by atoms with van der Waals surface area (Å²) in [6.45, 7) is 20.9. The molecular formula is C33H45P. The first kappa shape index (κ1) is 26.7. The highest BCUT2D eigenvalue weighted by Crippen LogP contribution is 2.36. The van der Waals surface area contributed by atoms with Gasteiger partial charge in [-0.25, -0.2) is 0 Å². The Morgan fingerprint density at radius 3 is 0.794 bits per heavy atom. The summed E-state index contributed by atoms with van der Waals surface area (Å²) < 4.78 is 0. The van der Waals surface area contributed by atoms with Crippen LogP contribution in [0.15, 0.2) is 72.8 Å². The number of rotatable bonds is 9. The molecule has 0 fully saturated rings. The largest absolute Gasteiger partial charge is 0.0646 e. The molecule has 3 aromatic rings. The van der Waals surface area contributed by atoms with E-state index in [0.717, 1.165) is 19.3 Å². The Kier molecular flexibility index (Phi) is 8.14. The monoisotopic (exact) mass is 472 g/mol. The van der Waals surface area contributed by atoms with E-state index in [-0.39, 0.29) is 16.2 Å². The third-order valence-corrected chi connectivity index (χ3v) is 10.8. The van der Waals surface area contributed by atoms with E-state index >= 15 is 0 Å². The average Bonchev–Trinajstić information content (AvgIpc) is 2.85. The molecule has 0 unspecified atom stereocenters. The summed E-state index contributed by atoms with van der Waals surface area (Å²) in [5.41, 5.74) is 4.91. The van der Waals surface area contributed by atoms with E-state index < -0.39 is 7.92 Å². The molecule has 0 aliphatic carbocycles. The summed E-state index contributed by atoms with van der Waals surface area (Å²) >= 11 is 0. The van der Waals surface area contributed by atoms with Crippen molar-refractivity contribution in [1.82, 2.24) is 0 Å². The highest BCUT2D eigenvalue weighted by atomic mass is 31.1. The van der Waals surface area contributed by atoms with Crippen molar-refractivity contribution in [2.24, 2.45) is 0 Å². The first-order valence-corrected chi connectivity index (χ1v) is 14.4. The zero-order valence-corrected chi connectivity index (χ0v) is 23.9. The highest BCUT2D eigenvalue weighted by molar-refractivity contribution is 7.79. The molecule has 0 saturated carbocycles. The topological polar surface area (TPSA) is 0 Å². The third kappa shape index (κ3) is 5.66. The normalized spacial score (nSPS) is 12.9. The van der Waals surface area contributed by atoms with Gasteiger partial charge >= 0.3 is 0 Å². The van der Waals surface area contributed by atoms with Gasteiger partial charge in [0, 0.05) is 0 Å². The Hall–Kier alpha value is -1.91. The minimum atomic E-state index is -0.604. The van der Waals surface area contributed by atoms with Crippen molar-refractivity contribution in [3.8, 4) is 0 Å². The maximum absolute atomic E-state index is 2.38. The SMILES string of the molecule is CCC(C)(C)c1ccc(P(c2ccc(C(C)(C)CC)cc2)c2ccc(C(C)(C)CC)cc2)cc1. The van der Waals surface area contributed by atoms with Crippen LogP contribution in [0.25, 0.3) is 0 Å². The minimum absolute atomic E-state index is 0.210. The molecule has 0 spiro atoms. The smallest absolute Gasteiger partial charge is 0.0106 e. The van der Waals surface area contributed by atoms with Crippen molar-refractivity contribution >= 4 is 23.8 Å². The summed E-state index contributed by atoms with van der Waals surface area (Å²) in [5.74, 6) is 0. The van der Waals surface area contributed by atoms with E-state index in [9.17, 15) is 0 Å². The van der Waals surface area contributed by atoms with Crippen molar-refractivity contribution in [1.29, 1.82) is 0 Å². The molecule has 34 heavy (non-hydrogen) atoms. The second-order valence-corrected chi connectivity index (χ2v) is 13.9. The van der Waals surface area contributed by atoms with E-state index in [1.165, 1.54) is 32.6 Å². The molecule has 0 aliphatic heterocycles. The van der Waals surface area contributed by atoms with Gasteiger partial charge in [0.25, 0.3) is 0 Å². The van der Waals surface area contributed by atoms with Gasteiger partial charge in [-0.2, -0.15) is 0 Å². The lowest BCUT2D eigenvalue weighted by molar-refractivity contribution is 0.506. The molecule has 3 rings (SSSR count). The van der Waals surface area contributed by atoms with Crippen LogP contribution in [0.5, 0.6) is 0 Å². The summed E-state index contributed by atoms with van der Waals surface area (Å²) in [6, 6.07) is 28.4. The van der Waals surface area contributed by atoms with Crippen LogP contribution in [0.2, 0.25) is 0 Å². The van der Waals surface area contributed by atoms with Crippen LogP contribution in [0.1, 0.15) is 98.3 Å². The van der Waals surface area contributed by atoms with Gasteiger partial charge in [0.15, 0.2) is 0 Å². The fourth-order valence-electron chi connectivity index (χ4n) is 4.24. The molecule has 182 valence electrons. The van der Waals surface area contributed by atoms with Crippen LogP contribution >= 0.6 is 7.92 Å². The van der Waals surface area contributed by atoms with E-state index in [0.29, 0.717) is 0 Å². The van der Waals surface area contributed by atoms with Crippen LogP contribution in [-0.2, 0) is 16.2 Å². The van der Waals surface area contributed by atoms with E-state index in [4.69, 9.17) is 0 Å². The van der Waals surface area contributed by atoms with Crippen molar-refractivity contribution in [3.05, 3.63) is 89.5 Å². The molecule has 0 aromatic heterocycles. The zero-order valence-electron chi connectivity index (χ0n) is 23.0. The minimum Gasteiger partial charge on any atom is -0.0646 e. The molecule has 0 saturated heterocycles. The summed E-state index contributed by atoms with van der Waals surface area (Å²) in [5, 5.41) is 4.28. The third-order valence-electron chi connectivity index (χ3n) is 8.37. The lowest BCUT2D eigenvalue weighted by Gasteiger charge is -2.27. The molecule has 3 aromatic carbocycles. The Morgan fingerprint density at radius 2 is 0.618 bits per heavy atom. The molecule has 0 radical (unpaired) electrons. The first-order valence-electron chi connectivity index (χ1n) is 13.1. The van der Waals surface area contributed by atoms with Gasteiger partial charge in [-0.1, -0.05) is 135 Å². The molecule has 0 aliphatic rings. The van der Waals surface area contributed by atoms with Crippen LogP contribution < -0.4 is 15.9 Å². The molecule has 0 bridgehead atoms. The number of benzene rings is 3. The lowest BCUT2D eigenvalue weighted by Crippen LogP contribution is -2.24. The van der Waals surface area contributed by atoms with Gasteiger partial charge in [0.1, 0.15) is 0 Å². The first-order chi connectivity index (χ1) is 15.9. The molecule has 0 N–H and O–H groups in total. The van der Waals surface area contributed by atoms with Gasteiger partial charge in [-0.15, -0.1) is 0 Å². The maximum Gasteiger partial charge on any atom is -0.0106 e. The second-order valence-electron chi connectivity index (χ2n) is 11.7. The van der Waals surface area contributed by atoms with E-state index in [1.54, 1.807) is 0 Å². The van der Waals surface area contributed by atoms with Crippen LogP contribution in [0.4, 0.5) is 0 Å². The highest BCUT2D eigenvalue weighted by Gasteiger charge is 2.23. The summed E-state index contributed by atoms with van der Waals surface area (Å²) in [6.07, 6.45) is 3.43. The predicted molar refractivity (Wildman–Crippen MR) is 155 cm³/mol. The molecule has 0 heterocycles. The van der Waals surface area contributed by atoms with E-state index in [1.807, 2.05) is 0 Å². The van der Waals surface area contributed by atoms with Gasteiger partial charge in [0.2, 0.25) is 0 Å². The number of hydrogen-bond acceptors (Lipinski definition) is 0. The molecule has 0 atom stereocenters. The summed E-state index contributed by atoms with van der Waals surface area (Å²) in [7, 11) is -0.604. The summed E-state index contributed by atoms with van der Waals surface area (Å²) in [4.78, 5) is 0. The zero-order chi connectivity index (χ0) is 25.1. The molecule has 0 nitrogen and oxygen atoms in total. The van der Waals surface area contributed by atoms with Crippen molar-refractivity contribution in [2.75, 3.05) is 0 Å². The Labute approximate surface area is 211 Å². The van der Waals surface area contributed by atoms with Crippen molar-refractivity contribution < 1.29 is 0 Å². The van der Waals surface area contributed by atoms with Crippen LogP contribution in [0, 0.1) is 0 Å². The molecule has 0 amide bonds. The standard InChI is InChI=1S/C33H45P/c1-10-31(4,5)25-13-19-28(20-14-25)34(29-21-15-26(16-22-29)32(6,7)11-2)30-23-17-27(18-24-30)33(8,9)12-3/h13-24H,10-12H2,1-9H3. The van der Waals surface area contributed by atoms with Gasteiger partial charge < -0.3 is 0 Å².